The first-order valence-corrected chi connectivity index (χ1v) is 8.00. The zero-order valence-electron chi connectivity index (χ0n) is 11.1. The predicted octanol–water partition coefficient (Wildman–Crippen LogP) is -0.0743. The Morgan fingerprint density at radius 3 is 2.63 bits per heavy atom. The normalized spacial score (nSPS) is 23.7. The number of rotatable bonds is 4. The molecule has 1 aliphatic rings. The van der Waals surface area contributed by atoms with E-state index < -0.39 is 15.8 Å². The van der Waals surface area contributed by atoms with Crippen LogP contribution in [0.2, 0.25) is 0 Å². The van der Waals surface area contributed by atoms with Crippen LogP contribution >= 0.6 is 0 Å². The van der Waals surface area contributed by atoms with Crippen LogP contribution in [0.3, 0.4) is 0 Å². The lowest BCUT2D eigenvalue weighted by molar-refractivity contribution is -0.137. The van der Waals surface area contributed by atoms with Crippen LogP contribution in [-0.4, -0.2) is 61.1 Å². The molecule has 1 saturated heterocycles. The molecule has 2 unspecified atom stereocenters. The monoisotopic (exact) mass is 292 g/mol. The van der Waals surface area contributed by atoms with Gasteiger partial charge in [-0.15, -0.1) is 0 Å². The summed E-state index contributed by atoms with van der Waals surface area (Å²) in [5.41, 5.74) is 0. The molecule has 1 fully saturated rings. The summed E-state index contributed by atoms with van der Waals surface area (Å²) in [5, 5.41) is 11.3. The molecular weight excluding hydrogens is 272 g/mol. The maximum absolute atomic E-state index is 11.9. The molecule has 110 valence electrons. The topological polar surface area (TPSA) is 104 Å². The Morgan fingerprint density at radius 1 is 1.47 bits per heavy atom. The number of hydrogen-bond acceptors (Lipinski definition) is 4. The Morgan fingerprint density at radius 2 is 2.11 bits per heavy atom. The first-order valence-electron chi connectivity index (χ1n) is 6.18. The highest BCUT2D eigenvalue weighted by Crippen LogP contribution is 2.11. The van der Waals surface area contributed by atoms with Crippen molar-refractivity contribution in [3.8, 4) is 0 Å². The Hall–Kier alpha value is -1.31. The fourth-order valence-corrected chi connectivity index (χ4v) is 3.59. The second-order valence-corrected chi connectivity index (χ2v) is 7.27. The minimum absolute atomic E-state index is 0.00971. The van der Waals surface area contributed by atoms with Gasteiger partial charge < -0.3 is 15.3 Å². The highest BCUT2D eigenvalue weighted by atomic mass is 32.2. The molecule has 0 aromatic heterocycles. The third-order valence-corrected chi connectivity index (χ3v) is 4.85. The van der Waals surface area contributed by atoms with Crippen molar-refractivity contribution in [1.82, 2.24) is 10.2 Å². The standard InChI is InChI=1S/C11H20N2O5S/c1-8(5-10(14)15)6-12-11(16)13-3-4-19(17,18)7-9(13)2/h8-9H,3-7H2,1-2H3,(H,12,16)(H,14,15). The van der Waals surface area contributed by atoms with E-state index in [1.807, 2.05) is 0 Å². The molecule has 1 rings (SSSR count). The second-order valence-electron chi connectivity index (χ2n) is 5.05. The molecule has 0 aromatic rings. The molecule has 1 aliphatic heterocycles. The molecule has 2 amide bonds. The van der Waals surface area contributed by atoms with Crippen molar-refractivity contribution >= 4 is 21.8 Å². The average molecular weight is 292 g/mol. The summed E-state index contributed by atoms with van der Waals surface area (Å²) in [6.07, 6.45) is -0.00971. The molecular formula is C11H20N2O5S. The van der Waals surface area contributed by atoms with Gasteiger partial charge in [-0.1, -0.05) is 6.92 Å². The predicted molar refractivity (Wildman–Crippen MR) is 69.6 cm³/mol. The van der Waals surface area contributed by atoms with Crippen LogP contribution in [-0.2, 0) is 14.6 Å². The number of amides is 2. The average Bonchev–Trinajstić information content (AvgIpc) is 2.23. The third-order valence-electron chi connectivity index (χ3n) is 3.06. The molecule has 19 heavy (non-hydrogen) atoms. The van der Waals surface area contributed by atoms with E-state index in [0.717, 1.165) is 0 Å². The summed E-state index contributed by atoms with van der Waals surface area (Å²) < 4.78 is 22.8. The maximum atomic E-state index is 11.9. The Kier molecular flexibility index (Phi) is 5.16. The van der Waals surface area contributed by atoms with Gasteiger partial charge in [0.15, 0.2) is 9.84 Å². The van der Waals surface area contributed by atoms with E-state index in [9.17, 15) is 18.0 Å². The van der Waals surface area contributed by atoms with Crippen LogP contribution in [0, 0.1) is 5.92 Å². The molecule has 8 heteroatoms. The quantitative estimate of drug-likeness (QED) is 0.754. The molecule has 2 N–H and O–H groups in total. The van der Waals surface area contributed by atoms with Gasteiger partial charge in [0.2, 0.25) is 0 Å². The molecule has 0 aliphatic carbocycles. The van der Waals surface area contributed by atoms with E-state index in [4.69, 9.17) is 5.11 Å². The Bertz CT molecular complexity index is 448. The summed E-state index contributed by atoms with van der Waals surface area (Å²) in [4.78, 5) is 23.9. The fourth-order valence-electron chi connectivity index (χ4n) is 2.03. The lowest BCUT2D eigenvalue weighted by Crippen LogP contribution is -2.53. The SMILES string of the molecule is CC(CNC(=O)N1CCS(=O)(=O)CC1C)CC(=O)O. The van der Waals surface area contributed by atoms with Gasteiger partial charge in [-0.25, -0.2) is 13.2 Å². The minimum atomic E-state index is -3.04. The number of carbonyl (C=O) groups excluding carboxylic acids is 1. The van der Waals surface area contributed by atoms with E-state index >= 15 is 0 Å². The van der Waals surface area contributed by atoms with Gasteiger partial charge in [0.25, 0.3) is 0 Å². The smallest absolute Gasteiger partial charge is 0.317 e. The number of urea groups is 1. The number of carboxylic acids is 1. The van der Waals surface area contributed by atoms with Crippen molar-refractivity contribution < 1.29 is 23.1 Å². The van der Waals surface area contributed by atoms with Gasteiger partial charge >= 0.3 is 12.0 Å². The summed E-state index contributed by atoms with van der Waals surface area (Å²) in [7, 11) is -3.04. The number of sulfone groups is 1. The van der Waals surface area contributed by atoms with Crippen LogP contribution in [0.1, 0.15) is 20.3 Å². The number of carbonyl (C=O) groups is 2. The largest absolute Gasteiger partial charge is 0.481 e. The molecule has 0 spiro atoms. The lowest BCUT2D eigenvalue weighted by Gasteiger charge is -2.33. The second kappa shape index (κ2) is 6.23. The Labute approximate surface area is 112 Å². The molecule has 2 atom stereocenters. The highest BCUT2D eigenvalue weighted by Gasteiger charge is 2.31. The van der Waals surface area contributed by atoms with Gasteiger partial charge in [0.05, 0.1) is 11.5 Å². The highest BCUT2D eigenvalue weighted by molar-refractivity contribution is 7.91. The van der Waals surface area contributed by atoms with Crippen LogP contribution in [0.15, 0.2) is 0 Å². The van der Waals surface area contributed by atoms with Gasteiger partial charge in [-0.2, -0.15) is 0 Å². The number of carboxylic acid groups (broad SMARTS) is 1. The minimum Gasteiger partial charge on any atom is -0.481 e. The van der Waals surface area contributed by atoms with Gasteiger partial charge in [-0.05, 0) is 12.8 Å². The summed E-state index contributed by atoms with van der Waals surface area (Å²) in [6, 6.07) is -0.687. The first-order chi connectivity index (χ1) is 8.71. The van der Waals surface area contributed by atoms with Crippen molar-refractivity contribution in [1.29, 1.82) is 0 Å². The first kappa shape index (κ1) is 15.7. The molecule has 7 nitrogen and oxygen atoms in total. The summed E-state index contributed by atoms with van der Waals surface area (Å²) in [5.74, 6) is -1.11. The molecule has 0 aromatic carbocycles. The molecule has 1 heterocycles. The van der Waals surface area contributed by atoms with Gasteiger partial charge in [0, 0.05) is 25.6 Å². The van der Waals surface area contributed by atoms with Gasteiger partial charge in [0.1, 0.15) is 0 Å². The van der Waals surface area contributed by atoms with Crippen LogP contribution in [0.25, 0.3) is 0 Å². The fraction of sp³-hybridized carbons (Fsp3) is 0.818. The lowest BCUT2D eigenvalue weighted by atomic mass is 10.1. The molecule has 0 radical (unpaired) electrons. The van der Waals surface area contributed by atoms with Crippen molar-refractivity contribution in [2.45, 2.75) is 26.3 Å². The van der Waals surface area contributed by atoms with Gasteiger partial charge in [-0.3, -0.25) is 4.79 Å². The van der Waals surface area contributed by atoms with E-state index in [-0.39, 0.29) is 49.0 Å². The zero-order valence-corrected chi connectivity index (χ0v) is 11.9. The van der Waals surface area contributed by atoms with E-state index in [2.05, 4.69) is 5.32 Å². The van der Waals surface area contributed by atoms with E-state index in [1.165, 1.54) is 4.90 Å². The summed E-state index contributed by atoms with van der Waals surface area (Å²) in [6.45, 7) is 3.87. The van der Waals surface area contributed by atoms with Crippen LogP contribution in [0.5, 0.6) is 0 Å². The number of hydrogen-bond donors (Lipinski definition) is 2. The maximum Gasteiger partial charge on any atom is 0.317 e. The number of nitrogens with zero attached hydrogens (tertiary/aromatic N) is 1. The summed E-state index contributed by atoms with van der Waals surface area (Å²) >= 11 is 0. The molecule has 0 bridgehead atoms. The van der Waals surface area contributed by atoms with Crippen LogP contribution < -0.4 is 5.32 Å². The van der Waals surface area contributed by atoms with Crippen molar-refractivity contribution in [2.75, 3.05) is 24.6 Å². The van der Waals surface area contributed by atoms with Crippen molar-refractivity contribution in [3.05, 3.63) is 0 Å². The zero-order chi connectivity index (χ0) is 14.6. The Balaban J connectivity index is 2.44. The third kappa shape index (κ3) is 5.06. The van der Waals surface area contributed by atoms with Crippen LogP contribution in [0.4, 0.5) is 4.79 Å². The van der Waals surface area contributed by atoms with E-state index in [0.29, 0.717) is 0 Å². The van der Waals surface area contributed by atoms with E-state index in [1.54, 1.807) is 13.8 Å². The number of aliphatic carboxylic acids is 1. The van der Waals surface area contributed by atoms with Crippen molar-refractivity contribution in [3.63, 3.8) is 0 Å². The van der Waals surface area contributed by atoms with Crippen molar-refractivity contribution in [2.24, 2.45) is 5.92 Å². The molecule has 0 saturated carbocycles. The number of nitrogens with one attached hydrogen (secondary N) is 1.